The number of imidazole rings is 2. The predicted molar refractivity (Wildman–Crippen MR) is 117 cm³/mol. The van der Waals surface area contributed by atoms with Crippen LogP contribution in [0.25, 0.3) is 22.5 Å². The molecule has 0 saturated heterocycles. The fourth-order valence-corrected chi connectivity index (χ4v) is 3.70. The van der Waals surface area contributed by atoms with Gasteiger partial charge in [-0.3, -0.25) is 0 Å². The van der Waals surface area contributed by atoms with Gasteiger partial charge in [-0.15, -0.1) is 0 Å². The molecule has 0 aliphatic heterocycles. The average molecular weight is 400 g/mol. The van der Waals surface area contributed by atoms with Crippen LogP contribution in [-0.4, -0.2) is 26.0 Å². The standard InChI is InChI=1S/C21H20N8O/c22-19-24-10-17(28-19)12-2-5-13(6-3-12)25-21(30)26-14-7-1-11-4-8-16-18(15(11)9-14)29-20(23)27-16/h1-3,5-7,9-10H,4,8H2,(H3,22,24,28)(H3,23,27,29)(H2,25,26,30). The number of hydrogen-bond donors (Lipinski definition) is 6. The van der Waals surface area contributed by atoms with Crippen molar-refractivity contribution in [1.82, 2.24) is 19.9 Å². The van der Waals surface area contributed by atoms with Crippen LogP contribution in [0.15, 0.2) is 48.7 Å². The summed E-state index contributed by atoms with van der Waals surface area (Å²) in [5.41, 5.74) is 18.6. The lowest BCUT2D eigenvalue weighted by molar-refractivity contribution is 0.262. The molecule has 4 aromatic rings. The SMILES string of the molecule is Nc1ncc(-c2ccc(NC(=O)Nc3ccc4c(c3)-c3[nH]c(N)nc3CC4)cc2)[nH]1. The number of amides is 2. The summed E-state index contributed by atoms with van der Waals surface area (Å²) in [5, 5.41) is 5.72. The van der Waals surface area contributed by atoms with E-state index in [2.05, 4.69) is 30.6 Å². The molecule has 0 unspecified atom stereocenters. The summed E-state index contributed by atoms with van der Waals surface area (Å²) in [5.74, 6) is 0.770. The Bertz CT molecular complexity index is 1240. The quantitative estimate of drug-likeness (QED) is 0.311. The van der Waals surface area contributed by atoms with Crippen LogP contribution in [0.1, 0.15) is 11.3 Å². The van der Waals surface area contributed by atoms with E-state index < -0.39 is 0 Å². The molecule has 0 spiro atoms. The van der Waals surface area contributed by atoms with E-state index in [0.29, 0.717) is 23.3 Å². The molecule has 9 heteroatoms. The van der Waals surface area contributed by atoms with Gasteiger partial charge in [0.1, 0.15) is 0 Å². The number of carbonyl (C=O) groups excluding carboxylic acids is 1. The summed E-state index contributed by atoms with van der Waals surface area (Å²) < 4.78 is 0. The van der Waals surface area contributed by atoms with Crippen LogP contribution in [0.2, 0.25) is 0 Å². The smallest absolute Gasteiger partial charge is 0.323 e. The number of anilines is 4. The number of aromatic amines is 2. The first kappa shape index (κ1) is 17.8. The lowest BCUT2D eigenvalue weighted by Gasteiger charge is -2.17. The number of nitrogens with one attached hydrogen (secondary N) is 4. The van der Waals surface area contributed by atoms with Gasteiger partial charge >= 0.3 is 6.03 Å². The van der Waals surface area contributed by atoms with Gasteiger partial charge < -0.3 is 32.1 Å². The van der Waals surface area contributed by atoms with Gasteiger partial charge in [-0.25, -0.2) is 14.8 Å². The van der Waals surface area contributed by atoms with E-state index in [1.807, 2.05) is 42.5 Å². The summed E-state index contributed by atoms with van der Waals surface area (Å²) in [4.78, 5) is 26.9. The monoisotopic (exact) mass is 400 g/mol. The molecule has 2 aromatic heterocycles. The average Bonchev–Trinajstić information content (AvgIpc) is 3.33. The van der Waals surface area contributed by atoms with Crippen LogP contribution in [0.4, 0.5) is 28.1 Å². The van der Waals surface area contributed by atoms with E-state index in [1.54, 1.807) is 6.20 Å². The largest absolute Gasteiger partial charge is 0.369 e. The normalized spacial score (nSPS) is 12.1. The Morgan fingerprint density at radius 1 is 0.933 bits per heavy atom. The fourth-order valence-electron chi connectivity index (χ4n) is 3.70. The Morgan fingerprint density at radius 3 is 2.47 bits per heavy atom. The number of aromatic nitrogens is 4. The van der Waals surface area contributed by atoms with E-state index in [4.69, 9.17) is 11.5 Å². The number of nitrogen functional groups attached to an aromatic ring is 2. The molecule has 30 heavy (non-hydrogen) atoms. The Kier molecular flexibility index (Phi) is 4.13. The van der Waals surface area contributed by atoms with Crippen molar-refractivity contribution in [3.63, 3.8) is 0 Å². The third-order valence-electron chi connectivity index (χ3n) is 5.11. The highest BCUT2D eigenvalue weighted by atomic mass is 16.2. The number of hydrogen-bond acceptors (Lipinski definition) is 5. The number of urea groups is 1. The van der Waals surface area contributed by atoms with Crippen molar-refractivity contribution in [1.29, 1.82) is 0 Å². The second kappa shape index (κ2) is 6.96. The van der Waals surface area contributed by atoms with Crippen LogP contribution in [-0.2, 0) is 12.8 Å². The minimum absolute atomic E-state index is 0.325. The minimum Gasteiger partial charge on any atom is -0.369 e. The molecule has 0 radical (unpaired) electrons. The molecule has 2 amide bonds. The minimum atomic E-state index is -0.325. The molecular weight excluding hydrogens is 380 g/mol. The Labute approximate surface area is 171 Å². The lowest BCUT2D eigenvalue weighted by atomic mass is 9.92. The number of benzene rings is 2. The van der Waals surface area contributed by atoms with E-state index in [-0.39, 0.29) is 6.03 Å². The number of fused-ring (bicyclic) bond motifs is 3. The molecular formula is C21H20N8O. The molecule has 150 valence electrons. The fraction of sp³-hybridized carbons (Fsp3) is 0.0952. The number of nitrogens with zero attached hydrogens (tertiary/aromatic N) is 2. The second-order valence-electron chi connectivity index (χ2n) is 7.15. The van der Waals surface area contributed by atoms with Gasteiger partial charge in [0.25, 0.3) is 0 Å². The molecule has 5 rings (SSSR count). The molecule has 2 aromatic carbocycles. The maximum absolute atomic E-state index is 12.5. The zero-order valence-electron chi connectivity index (χ0n) is 16.0. The van der Waals surface area contributed by atoms with Gasteiger partial charge in [0, 0.05) is 16.9 Å². The van der Waals surface area contributed by atoms with Gasteiger partial charge in [-0.2, -0.15) is 0 Å². The molecule has 2 heterocycles. The van der Waals surface area contributed by atoms with Crippen molar-refractivity contribution in [3.8, 4) is 22.5 Å². The van der Waals surface area contributed by atoms with Crippen molar-refractivity contribution >= 4 is 29.3 Å². The highest BCUT2D eigenvalue weighted by Gasteiger charge is 2.20. The van der Waals surface area contributed by atoms with E-state index in [0.717, 1.165) is 41.1 Å². The van der Waals surface area contributed by atoms with Crippen molar-refractivity contribution in [3.05, 3.63) is 59.9 Å². The lowest BCUT2D eigenvalue weighted by Crippen LogP contribution is -2.19. The predicted octanol–water partition coefficient (Wildman–Crippen LogP) is 3.37. The van der Waals surface area contributed by atoms with Crippen LogP contribution in [0.5, 0.6) is 0 Å². The highest BCUT2D eigenvalue weighted by molar-refractivity contribution is 6.00. The third-order valence-corrected chi connectivity index (χ3v) is 5.11. The maximum atomic E-state index is 12.5. The third kappa shape index (κ3) is 3.32. The summed E-state index contributed by atoms with van der Waals surface area (Å²) in [6, 6.07) is 12.9. The number of rotatable bonds is 3. The summed E-state index contributed by atoms with van der Waals surface area (Å²) >= 11 is 0. The maximum Gasteiger partial charge on any atom is 0.323 e. The van der Waals surface area contributed by atoms with Crippen molar-refractivity contribution in [2.45, 2.75) is 12.8 Å². The zero-order valence-corrected chi connectivity index (χ0v) is 16.0. The van der Waals surface area contributed by atoms with Gasteiger partial charge in [-0.1, -0.05) is 18.2 Å². The van der Waals surface area contributed by atoms with Crippen molar-refractivity contribution < 1.29 is 4.79 Å². The molecule has 0 atom stereocenters. The Hall–Kier alpha value is -4.27. The number of nitrogens with two attached hydrogens (primary N) is 2. The Balaban J connectivity index is 1.29. The summed E-state index contributed by atoms with van der Waals surface area (Å²) in [7, 11) is 0. The van der Waals surface area contributed by atoms with Gasteiger partial charge in [0.15, 0.2) is 11.9 Å². The van der Waals surface area contributed by atoms with Crippen LogP contribution >= 0.6 is 0 Å². The zero-order chi connectivity index (χ0) is 20.7. The van der Waals surface area contributed by atoms with Crippen LogP contribution in [0.3, 0.4) is 0 Å². The topological polar surface area (TPSA) is 151 Å². The molecule has 0 bridgehead atoms. The van der Waals surface area contributed by atoms with E-state index in [9.17, 15) is 4.79 Å². The van der Waals surface area contributed by atoms with Gasteiger partial charge in [0.05, 0.1) is 23.3 Å². The summed E-state index contributed by atoms with van der Waals surface area (Å²) in [6.07, 6.45) is 3.41. The molecule has 9 nitrogen and oxygen atoms in total. The molecule has 0 fully saturated rings. The number of carbonyl (C=O) groups is 1. The van der Waals surface area contributed by atoms with Gasteiger partial charge in [0.2, 0.25) is 0 Å². The van der Waals surface area contributed by atoms with Crippen molar-refractivity contribution in [2.24, 2.45) is 0 Å². The first-order valence-corrected chi connectivity index (χ1v) is 9.52. The van der Waals surface area contributed by atoms with E-state index >= 15 is 0 Å². The van der Waals surface area contributed by atoms with E-state index in [1.165, 1.54) is 5.56 Å². The molecule has 0 saturated carbocycles. The van der Waals surface area contributed by atoms with Crippen LogP contribution in [0, 0.1) is 0 Å². The number of H-pyrrole nitrogens is 2. The van der Waals surface area contributed by atoms with Crippen molar-refractivity contribution in [2.75, 3.05) is 22.1 Å². The first-order valence-electron chi connectivity index (χ1n) is 9.52. The molecule has 1 aliphatic carbocycles. The first-order chi connectivity index (χ1) is 14.5. The Morgan fingerprint density at radius 2 is 1.70 bits per heavy atom. The summed E-state index contributed by atoms with van der Waals surface area (Å²) in [6.45, 7) is 0. The molecule has 1 aliphatic rings. The highest BCUT2D eigenvalue weighted by Crippen LogP contribution is 2.34. The van der Waals surface area contributed by atoms with Crippen LogP contribution < -0.4 is 22.1 Å². The molecule has 8 N–H and O–H groups in total. The number of aryl methyl sites for hydroxylation is 2. The van der Waals surface area contributed by atoms with Gasteiger partial charge in [-0.05, 0) is 48.2 Å². The second-order valence-corrected chi connectivity index (χ2v) is 7.15.